The van der Waals surface area contributed by atoms with E-state index in [9.17, 15) is 18.0 Å². The Kier molecular flexibility index (Phi) is 4.10. The largest absolute Gasteiger partial charge is 0.492 e. The quantitative estimate of drug-likeness (QED) is 0.862. The molecular formula is C10H13F3N2O2S. The fourth-order valence-corrected chi connectivity index (χ4v) is 2.51. The molecule has 1 aromatic heterocycles. The van der Waals surface area contributed by atoms with Crippen molar-refractivity contribution in [2.75, 3.05) is 31.3 Å². The van der Waals surface area contributed by atoms with Gasteiger partial charge >= 0.3 is 6.18 Å². The number of carbonyl (C=O) groups is 1. The normalized spacial score (nSPS) is 11.4. The van der Waals surface area contributed by atoms with Gasteiger partial charge in [-0.1, -0.05) is 0 Å². The van der Waals surface area contributed by atoms with Gasteiger partial charge in [-0.15, -0.1) is 11.3 Å². The molecule has 0 unspecified atom stereocenters. The molecule has 0 fully saturated rings. The van der Waals surface area contributed by atoms with Gasteiger partial charge in [0.05, 0.1) is 17.7 Å². The Labute approximate surface area is 106 Å². The van der Waals surface area contributed by atoms with Crippen molar-refractivity contribution in [1.29, 1.82) is 0 Å². The zero-order valence-corrected chi connectivity index (χ0v) is 10.9. The second-order valence-corrected chi connectivity index (χ2v) is 4.71. The van der Waals surface area contributed by atoms with E-state index in [4.69, 9.17) is 10.5 Å². The first-order valence-corrected chi connectivity index (χ1v) is 5.74. The number of hydrogen-bond acceptors (Lipinski definition) is 5. The number of methoxy groups -OCH3 is 1. The number of nitrogen functional groups attached to an aromatic ring is 1. The fourth-order valence-electron chi connectivity index (χ4n) is 1.47. The molecule has 0 bridgehead atoms. The van der Waals surface area contributed by atoms with Crippen LogP contribution in [0.15, 0.2) is 0 Å². The molecule has 8 heteroatoms. The number of anilines is 2. The lowest BCUT2D eigenvalue weighted by molar-refractivity contribution is -0.119. The van der Waals surface area contributed by atoms with Crippen LogP contribution in [-0.2, 0) is 0 Å². The van der Waals surface area contributed by atoms with Gasteiger partial charge in [0.1, 0.15) is 11.5 Å². The summed E-state index contributed by atoms with van der Waals surface area (Å²) >= 11 is 0.894. The smallest absolute Gasteiger partial charge is 0.405 e. The Morgan fingerprint density at radius 3 is 2.44 bits per heavy atom. The van der Waals surface area contributed by atoms with Crippen LogP contribution in [0.5, 0.6) is 5.75 Å². The third-order valence-electron chi connectivity index (χ3n) is 2.17. The van der Waals surface area contributed by atoms with Gasteiger partial charge in [-0.25, -0.2) is 0 Å². The van der Waals surface area contributed by atoms with E-state index in [1.54, 1.807) is 0 Å². The van der Waals surface area contributed by atoms with Gasteiger partial charge in [-0.2, -0.15) is 13.2 Å². The van der Waals surface area contributed by atoms with E-state index in [0.717, 1.165) is 16.2 Å². The van der Waals surface area contributed by atoms with Crippen LogP contribution in [0.4, 0.5) is 23.9 Å². The number of carbonyl (C=O) groups excluding carboxylic acids is 1. The van der Waals surface area contributed by atoms with E-state index in [1.165, 1.54) is 21.1 Å². The van der Waals surface area contributed by atoms with E-state index in [1.807, 2.05) is 0 Å². The van der Waals surface area contributed by atoms with E-state index < -0.39 is 12.7 Å². The Morgan fingerprint density at radius 2 is 2.06 bits per heavy atom. The average Bonchev–Trinajstić information content (AvgIpc) is 2.52. The summed E-state index contributed by atoms with van der Waals surface area (Å²) in [6, 6.07) is 0. The van der Waals surface area contributed by atoms with Crippen LogP contribution in [0.3, 0.4) is 0 Å². The number of alkyl halides is 3. The third-order valence-corrected chi connectivity index (χ3v) is 3.57. The minimum absolute atomic E-state index is 0.0824. The summed E-state index contributed by atoms with van der Waals surface area (Å²) in [4.78, 5) is 12.5. The molecule has 0 aromatic carbocycles. The number of nitrogens with zero attached hydrogens (tertiary/aromatic N) is 1. The van der Waals surface area contributed by atoms with Gasteiger partial charge in [-0.3, -0.25) is 4.79 Å². The number of ether oxygens (including phenoxy) is 1. The second-order valence-electron chi connectivity index (χ2n) is 3.71. The van der Waals surface area contributed by atoms with Gasteiger partial charge in [0.2, 0.25) is 0 Å². The molecule has 1 aromatic rings. The Hall–Kier alpha value is -1.44. The summed E-state index contributed by atoms with van der Waals surface area (Å²) in [5, 5.41) is 0.192. The van der Waals surface area contributed by atoms with Crippen LogP contribution in [0.25, 0.3) is 0 Å². The molecular weight excluding hydrogens is 269 g/mol. The standard InChI is InChI=1S/C10H13F3N2O2S/c1-5(16)8-6(14)7(17-3)9(18-8)15(2)4-10(11,12)13/h4,14H2,1-3H3. The molecule has 4 nitrogen and oxygen atoms in total. The highest BCUT2D eigenvalue weighted by Crippen LogP contribution is 2.44. The predicted octanol–water partition coefficient (Wildman–Crippen LogP) is 2.54. The Balaban J connectivity index is 3.16. The van der Waals surface area contributed by atoms with Crippen molar-refractivity contribution in [2.24, 2.45) is 0 Å². The summed E-state index contributed by atoms with van der Waals surface area (Å²) in [7, 11) is 2.57. The lowest BCUT2D eigenvalue weighted by Crippen LogP contribution is -2.30. The van der Waals surface area contributed by atoms with E-state index in [-0.39, 0.29) is 27.1 Å². The molecule has 2 N–H and O–H groups in total. The summed E-state index contributed by atoms with van der Waals surface area (Å²) in [5.74, 6) is -0.195. The summed E-state index contributed by atoms with van der Waals surface area (Å²) in [5.41, 5.74) is 5.76. The fraction of sp³-hybridized carbons (Fsp3) is 0.500. The summed E-state index contributed by atoms with van der Waals surface area (Å²) < 4.78 is 41.9. The van der Waals surface area contributed by atoms with Crippen molar-refractivity contribution in [2.45, 2.75) is 13.1 Å². The highest BCUT2D eigenvalue weighted by Gasteiger charge is 2.32. The van der Waals surface area contributed by atoms with Crippen LogP contribution in [0.2, 0.25) is 0 Å². The summed E-state index contributed by atoms with van der Waals surface area (Å²) in [6.07, 6.45) is -4.34. The second kappa shape index (κ2) is 5.05. The van der Waals surface area contributed by atoms with E-state index in [2.05, 4.69) is 0 Å². The average molecular weight is 282 g/mol. The van der Waals surface area contributed by atoms with E-state index in [0.29, 0.717) is 0 Å². The Bertz CT molecular complexity index is 457. The van der Waals surface area contributed by atoms with Crippen molar-refractivity contribution in [3.63, 3.8) is 0 Å². The Morgan fingerprint density at radius 1 is 1.50 bits per heavy atom. The van der Waals surface area contributed by atoms with Gasteiger partial charge < -0.3 is 15.4 Å². The molecule has 102 valence electrons. The minimum atomic E-state index is -4.34. The SMILES string of the molecule is COc1c(N(C)CC(F)(F)F)sc(C(C)=O)c1N. The number of ketones is 1. The van der Waals surface area contributed by atoms with Crippen molar-refractivity contribution in [3.8, 4) is 5.75 Å². The number of Topliss-reactive ketones (excluding diaryl/α,β-unsaturated/α-hetero) is 1. The van der Waals surface area contributed by atoms with Crippen LogP contribution in [0.1, 0.15) is 16.6 Å². The van der Waals surface area contributed by atoms with Gasteiger partial charge in [0, 0.05) is 14.0 Å². The van der Waals surface area contributed by atoms with Crippen molar-refractivity contribution < 1.29 is 22.7 Å². The number of nitrogens with two attached hydrogens (primary N) is 1. The van der Waals surface area contributed by atoms with Crippen LogP contribution >= 0.6 is 11.3 Å². The van der Waals surface area contributed by atoms with Gasteiger partial charge in [0.15, 0.2) is 11.5 Å². The number of rotatable bonds is 4. The number of halogens is 3. The van der Waals surface area contributed by atoms with Crippen LogP contribution in [0, 0.1) is 0 Å². The molecule has 0 spiro atoms. The van der Waals surface area contributed by atoms with Crippen molar-refractivity contribution in [1.82, 2.24) is 0 Å². The number of thiophene rings is 1. The topological polar surface area (TPSA) is 55.6 Å². The highest BCUT2D eigenvalue weighted by molar-refractivity contribution is 7.19. The van der Waals surface area contributed by atoms with Gasteiger partial charge in [-0.05, 0) is 0 Å². The summed E-state index contributed by atoms with van der Waals surface area (Å²) in [6.45, 7) is 0.163. The molecule has 0 radical (unpaired) electrons. The molecule has 0 atom stereocenters. The molecule has 1 heterocycles. The van der Waals surface area contributed by atoms with E-state index >= 15 is 0 Å². The molecule has 0 amide bonds. The zero-order chi connectivity index (χ0) is 14.1. The van der Waals surface area contributed by atoms with Gasteiger partial charge in [0.25, 0.3) is 0 Å². The first-order chi connectivity index (χ1) is 8.17. The predicted molar refractivity (Wildman–Crippen MR) is 64.6 cm³/mol. The number of hydrogen-bond donors (Lipinski definition) is 1. The molecule has 0 aliphatic carbocycles. The van der Waals surface area contributed by atoms with Crippen LogP contribution in [-0.4, -0.2) is 32.7 Å². The molecule has 0 aliphatic rings. The third kappa shape index (κ3) is 3.06. The lowest BCUT2D eigenvalue weighted by atomic mass is 10.3. The minimum Gasteiger partial charge on any atom is -0.492 e. The zero-order valence-electron chi connectivity index (χ0n) is 10.1. The monoisotopic (exact) mass is 282 g/mol. The molecule has 0 saturated heterocycles. The maximum atomic E-state index is 12.3. The first kappa shape index (κ1) is 14.6. The maximum absolute atomic E-state index is 12.3. The molecule has 18 heavy (non-hydrogen) atoms. The lowest BCUT2D eigenvalue weighted by Gasteiger charge is -2.20. The molecule has 0 saturated carbocycles. The molecule has 0 aliphatic heterocycles. The molecule has 1 rings (SSSR count). The van der Waals surface area contributed by atoms with Crippen molar-refractivity contribution in [3.05, 3.63) is 4.88 Å². The highest BCUT2D eigenvalue weighted by atomic mass is 32.1. The first-order valence-electron chi connectivity index (χ1n) is 4.92. The van der Waals surface area contributed by atoms with Crippen LogP contribution < -0.4 is 15.4 Å². The maximum Gasteiger partial charge on any atom is 0.405 e. The van der Waals surface area contributed by atoms with Crippen molar-refractivity contribution >= 4 is 27.8 Å².